The van der Waals surface area contributed by atoms with E-state index in [0.29, 0.717) is 11.4 Å². The first-order chi connectivity index (χ1) is 8.93. The molecule has 7 nitrogen and oxygen atoms in total. The monoisotopic (exact) mass is 265 g/mol. The lowest BCUT2D eigenvalue weighted by atomic mass is 10.1. The predicted octanol–water partition coefficient (Wildman–Crippen LogP) is 0.0958. The van der Waals surface area contributed by atoms with Gasteiger partial charge in [-0.05, 0) is 18.1 Å². The second kappa shape index (κ2) is 6.69. The first-order valence-electron chi connectivity index (χ1n) is 5.99. The van der Waals surface area contributed by atoms with Crippen molar-refractivity contribution in [3.05, 3.63) is 23.4 Å². The second-order valence-corrected chi connectivity index (χ2v) is 4.44. The Balaban J connectivity index is 2.83. The van der Waals surface area contributed by atoms with Crippen molar-refractivity contribution in [2.24, 2.45) is 11.6 Å². The lowest BCUT2D eigenvalue weighted by Crippen LogP contribution is -2.28. The molecule has 0 spiro atoms. The summed E-state index contributed by atoms with van der Waals surface area (Å²) in [5.74, 6) is 5.17. The van der Waals surface area contributed by atoms with E-state index in [2.05, 4.69) is 15.7 Å². The fourth-order valence-electron chi connectivity index (χ4n) is 1.45. The Bertz CT molecular complexity index is 473. The van der Waals surface area contributed by atoms with E-state index in [1.54, 1.807) is 12.1 Å². The average Bonchev–Trinajstić information content (AvgIpc) is 2.37. The third-order valence-corrected chi connectivity index (χ3v) is 2.50. The Morgan fingerprint density at radius 1 is 1.37 bits per heavy atom. The van der Waals surface area contributed by atoms with Gasteiger partial charge in [0.05, 0.1) is 0 Å². The highest BCUT2D eigenvalue weighted by Gasteiger charge is 2.11. The number of aromatic nitrogens is 1. The largest absolute Gasteiger partial charge is 0.370 e. The van der Waals surface area contributed by atoms with Crippen LogP contribution in [0.15, 0.2) is 12.1 Å². The first kappa shape index (κ1) is 14.9. The number of hydrazine groups is 1. The van der Waals surface area contributed by atoms with E-state index in [-0.39, 0.29) is 24.8 Å². The van der Waals surface area contributed by atoms with Crippen LogP contribution < -0.4 is 22.3 Å². The summed E-state index contributed by atoms with van der Waals surface area (Å²) < 4.78 is 0. The zero-order valence-corrected chi connectivity index (χ0v) is 11.1. The van der Waals surface area contributed by atoms with Crippen LogP contribution in [0.25, 0.3) is 0 Å². The molecule has 0 saturated carbocycles. The van der Waals surface area contributed by atoms with E-state index in [9.17, 15) is 9.59 Å². The number of rotatable bonds is 6. The van der Waals surface area contributed by atoms with Crippen LogP contribution in [0.3, 0.4) is 0 Å². The van der Waals surface area contributed by atoms with Crippen LogP contribution in [0.2, 0.25) is 0 Å². The van der Waals surface area contributed by atoms with Gasteiger partial charge in [-0.3, -0.25) is 9.59 Å². The standard InChI is InChI=1S/C12H19N5O2/c1-7(2)9-5-8(6-11(16-9)17-14)12(19)15-4-3-10(13)18/h5-7H,3-4,14H2,1-2H3,(H2,13,18)(H,15,19)(H,16,17). The van der Waals surface area contributed by atoms with E-state index < -0.39 is 5.91 Å². The van der Waals surface area contributed by atoms with Crippen molar-refractivity contribution in [1.29, 1.82) is 0 Å². The topological polar surface area (TPSA) is 123 Å². The van der Waals surface area contributed by atoms with Crippen LogP contribution in [0.5, 0.6) is 0 Å². The molecule has 0 atom stereocenters. The van der Waals surface area contributed by atoms with Gasteiger partial charge in [0, 0.05) is 24.2 Å². The van der Waals surface area contributed by atoms with Crippen LogP contribution in [-0.2, 0) is 4.79 Å². The number of nitrogens with two attached hydrogens (primary N) is 2. The van der Waals surface area contributed by atoms with Gasteiger partial charge in [0.2, 0.25) is 5.91 Å². The average molecular weight is 265 g/mol. The fraction of sp³-hybridized carbons (Fsp3) is 0.417. The van der Waals surface area contributed by atoms with Crippen LogP contribution >= 0.6 is 0 Å². The molecule has 0 aliphatic carbocycles. The van der Waals surface area contributed by atoms with E-state index in [0.717, 1.165) is 5.69 Å². The van der Waals surface area contributed by atoms with Gasteiger partial charge in [0.15, 0.2) is 0 Å². The normalized spacial score (nSPS) is 10.3. The van der Waals surface area contributed by atoms with Crippen molar-refractivity contribution in [3.63, 3.8) is 0 Å². The summed E-state index contributed by atoms with van der Waals surface area (Å²) in [5, 5.41) is 2.61. The molecule has 104 valence electrons. The number of hydrogen-bond acceptors (Lipinski definition) is 5. The summed E-state index contributed by atoms with van der Waals surface area (Å²) in [6, 6.07) is 3.25. The zero-order chi connectivity index (χ0) is 14.4. The molecule has 0 radical (unpaired) electrons. The zero-order valence-electron chi connectivity index (χ0n) is 11.1. The van der Waals surface area contributed by atoms with Gasteiger partial charge in [0.25, 0.3) is 5.91 Å². The highest BCUT2D eigenvalue weighted by molar-refractivity contribution is 5.95. The molecular weight excluding hydrogens is 246 g/mol. The molecule has 19 heavy (non-hydrogen) atoms. The van der Waals surface area contributed by atoms with Gasteiger partial charge in [0.1, 0.15) is 5.82 Å². The molecule has 0 aliphatic rings. The number of nitrogens with one attached hydrogen (secondary N) is 2. The molecule has 0 fully saturated rings. The van der Waals surface area contributed by atoms with Crippen LogP contribution in [0.1, 0.15) is 42.2 Å². The number of carbonyl (C=O) groups is 2. The minimum atomic E-state index is -0.456. The summed E-state index contributed by atoms with van der Waals surface area (Å²) in [7, 11) is 0. The van der Waals surface area contributed by atoms with E-state index in [4.69, 9.17) is 11.6 Å². The second-order valence-electron chi connectivity index (χ2n) is 4.44. The minimum Gasteiger partial charge on any atom is -0.370 e. The number of primary amides is 1. The van der Waals surface area contributed by atoms with Crippen LogP contribution in [0.4, 0.5) is 5.82 Å². The van der Waals surface area contributed by atoms with E-state index in [1.165, 1.54) is 0 Å². The summed E-state index contributed by atoms with van der Waals surface area (Å²) in [4.78, 5) is 26.8. The number of amides is 2. The van der Waals surface area contributed by atoms with E-state index >= 15 is 0 Å². The van der Waals surface area contributed by atoms with Crippen molar-refractivity contribution in [1.82, 2.24) is 10.3 Å². The Hall–Kier alpha value is -2.15. The molecule has 0 aromatic carbocycles. The molecule has 7 heteroatoms. The van der Waals surface area contributed by atoms with E-state index in [1.807, 2.05) is 13.8 Å². The van der Waals surface area contributed by atoms with Crippen LogP contribution in [0, 0.1) is 0 Å². The van der Waals surface area contributed by atoms with Gasteiger partial charge in [-0.15, -0.1) is 0 Å². The Kier molecular flexibility index (Phi) is 5.25. The van der Waals surface area contributed by atoms with Crippen molar-refractivity contribution in [2.45, 2.75) is 26.2 Å². The van der Waals surface area contributed by atoms with Crippen molar-refractivity contribution >= 4 is 17.6 Å². The lowest BCUT2D eigenvalue weighted by molar-refractivity contribution is -0.117. The summed E-state index contributed by atoms with van der Waals surface area (Å²) in [6.07, 6.45) is 0.107. The first-order valence-corrected chi connectivity index (χ1v) is 5.99. The number of anilines is 1. The van der Waals surface area contributed by atoms with Crippen molar-refractivity contribution < 1.29 is 9.59 Å². The maximum atomic E-state index is 11.9. The smallest absolute Gasteiger partial charge is 0.251 e. The van der Waals surface area contributed by atoms with Gasteiger partial charge in [-0.25, -0.2) is 10.8 Å². The van der Waals surface area contributed by atoms with Gasteiger partial charge >= 0.3 is 0 Å². The third-order valence-electron chi connectivity index (χ3n) is 2.50. The van der Waals surface area contributed by atoms with Crippen molar-refractivity contribution in [3.8, 4) is 0 Å². The maximum absolute atomic E-state index is 11.9. The Morgan fingerprint density at radius 3 is 2.58 bits per heavy atom. The molecule has 1 rings (SSSR count). The minimum absolute atomic E-state index is 0.107. The summed E-state index contributed by atoms with van der Waals surface area (Å²) in [5.41, 5.74) is 8.63. The fourth-order valence-corrected chi connectivity index (χ4v) is 1.45. The molecule has 2 amide bonds. The van der Waals surface area contributed by atoms with Gasteiger partial charge < -0.3 is 16.5 Å². The quantitative estimate of drug-likeness (QED) is 0.429. The van der Waals surface area contributed by atoms with Crippen molar-refractivity contribution in [2.75, 3.05) is 12.0 Å². The lowest BCUT2D eigenvalue weighted by Gasteiger charge is -2.10. The third kappa shape index (κ3) is 4.55. The molecule has 6 N–H and O–H groups in total. The molecule has 1 aromatic heterocycles. The number of hydrogen-bond donors (Lipinski definition) is 4. The number of carbonyl (C=O) groups excluding carboxylic acids is 2. The Labute approximate surface area is 111 Å². The number of nitrogen functional groups attached to an aromatic ring is 1. The SMILES string of the molecule is CC(C)c1cc(C(=O)NCCC(N)=O)cc(NN)n1. The van der Waals surface area contributed by atoms with Crippen LogP contribution in [-0.4, -0.2) is 23.3 Å². The highest BCUT2D eigenvalue weighted by atomic mass is 16.2. The van der Waals surface area contributed by atoms with Gasteiger partial charge in [-0.2, -0.15) is 0 Å². The number of nitrogens with zero attached hydrogens (tertiary/aromatic N) is 1. The maximum Gasteiger partial charge on any atom is 0.251 e. The molecule has 0 unspecified atom stereocenters. The molecule has 0 saturated heterocycles. The molecular formula is C12H19N5O2. The molecule has 1 aromatic rings. The summed E-state index contributed by atoms with van der Waals surface area (Å²) >= 11 is 0. The molecule has 0 aliphatic heterocycles. The molecule has 1 heterocycles. The number of pyridine rings is 1. The molecule has 0 bridgehead atoms. The predicted molar refractivity (Wildman–Crippen MR) is 72.3 cm³/mol. The summed E-state index contributed by atoms with van der Waals surface area (Å²) in [6.45, 7) is 4.15. The Morgan fingerprint density at radius 2 is 2.05 bits per heavy atom. The van der Waals surface area contributed by atoms with Gasteiger partial charge in [-0.1, -0.05) is 13.8 Å². The highest BCUT2D eigenvalue weighted by Crippen LogP contribution is 2.17.